The maximum atomic E-state index is 12.3. The molecule has 0 aliphatic heterocycles. The van der Waals surface area contributed by atoms with E-state index in [4.69, 9.17) is 10.5 Å². The number of nitrogens with one attached hydrogen (secondary N) is 2. The largest absolute Gasteiger partial charge is 0.495 e. The maximum absolute atomic E-state index is 12.3. The molecule has 23 heavy (non-hydrogen) atoms. The van der Waals surface area contributed by atoms with Gasteiger partial charge in [-0.1, -0.05) is 12.1 Å². The number of hydrogen-bond donors (Lipinski definition) is 3. The normalized spacial score (nSPS) is 11.4. The van der Waals surface area contributed by atoms with Crippen molar-refractivity contribution in [3.63, 3.8) is 0 Å². The highest BCUT2D eigenvalue weighted by molar-refractivity contribution is 5.97. The Balaban J connectivity index is 2.01. The molecule has 1 atom stereocenters. The second-order valence-electron chi connectivity index (χ2n) is 5.00. The van der Waals surface area contributed by atoms with Gasteiger partial charge in [0.25, 0.3) is 0 Å². The quantitative estimate of drug-likeness (QED) is 0.762. The van der Waals surface area contributed by atoms with Gasteiger partial charge in [0.15, 0.2) is 0 Å². The highest BCUT2D eigenvalue weighted by Gasteiger charge is 2.14. The van der Waals surface area contributed by atoms with Crippen LogP contribution < -0.4 is 21.1 Å². The summed E-state index contributed by atoms with van der Waals surface area (Å²) in [5.74, 6) is -0.0918. The average molecular weight is 313 g/mol. The Bertz CT molecular complexity index is 698. The number of carbonyl (C=O) groups excluding carboxylic acids is 2. The van der Waals surface area contributed by atoms with Crippen LogP contribution in [-0.2, 0) is 4.79 Å². The minimum Gasteiger partial charge on any atom is -0.495 e. The van der Waals surface area contributed by atoms with Gasteiger partial charge in [-0.3, -0.25) is 9.59 Å². The first-order chi connectivity index (χ1) is 11.0. The van der Waals surface area contributed by atoms with Crippen LogP contribution in [-0.4, -0.2) is 25.0 Å². The van der Waals surface area contributed by atoms with Gasteiger partial charge in [0.1, 0.15) is 11.8 Å². The molecule has 0 saturated heterocycles. The summed E-state index contributed by atoms with van der Waals surface area (Å²) in [6.07, 6.45) is 0. The molecule has 0 aliphatic carbocycles. The van der Waals surface area contributed by atoms with E-state index in [1.165, 1.54) is 0 Å². The van der Waals surface area contributed by atoms with Crippen LogP contribution in [0.5, 0.6) is 5.75 Å². The fraction of sp³-hybridized carbons (Fsp3) is 0.176. The van der Waals surface area contributed by atoms with Crippen molar-refractivity contribution in [2.75, 3.05) is 17.7 Å². The van der Waals surface area contributed by atoms with E-state index in [0.29, 0.717) is 17.0 Å². The molecule has 6 heteroatoms. The second kappa shape index (κ2) is 7.31. The predicted molar refractivity (Wildman–Crippen MR) is 89.7 cm³/mol. The molecule has 4 N–H and O–H groups in total. The molecule has 0 heterocycles. The summed E-state index contributed by atoms with van der Waals surface area (Å²) in [5, 5.41) is 5.87. The minimum atomic E-state index is -0.487. The van der Waals surface area contributed by atoms with Crippen LogP contribution in [0.15, 0.2) is 48.5 Å². The van der Waals surface area contributed by atoms with E-state index in [2.05, 4.69) is 10.6 Å². The molecule has 0 unspecified atom stereocenters. The minimum absolute atomic E-state index is 0.200. The van der Waals surface area contributed by atoms with Crippen LogP contribution in [0.4, 0.5) is 11.4 Å². The van der Waals surface area contributed by atoms with Gasteiger partial charge in [-0.25, -0.2) is 0 Å². The van der Waals surface area contributed by atoms with Crippen molar-refractivity contribution in [1.29, 1.82) is 0 Å². The fourth-order valence-electron chi connectivity index (χ4n) is 2.04. The van der Waals surface area contributed by atoms with E-state index in [-0.39, 0.29) is 5.91 Å². The molecule has 0 spiro atoms. The zero-order valence-corrected chi connectivity index (χ0v) is 13.0. The lowest BCUT2D eigenvalue weighted by molar-refractivity contribution is -0.116. The average Bonchev–Trinajstić information content (AvgIpc) is 2.55. The predicted octanol–water partition coefficient (Wildman–Crippen LogP) is 2.23. The Kier molecular flexibility index (Phi) is 5.19. The number of rotatable bonds is 6. The molecule has 0 aromatic heterocycles. The topological polar surface area (TPSA) is 93.4 Å². The molecule has 2 rings (SSSR count). The standard InChI is InChI=1S/C17H19N3O3/c1-11(19-13-9-7-12(8-10-13)16(18)21)17(22)20-14-5-3-4-6-15(14)23-2/h3-11,19H,1-2H3,(H2,18,21)(H,20,22)/t11-/m0/s1. The molecule has 120 valence electrons. The first-order valence-electron chi connectivity index (χ1n) is 7.11. The molecule has 0 radical (unpaired) electrons. The Morgan fingerprint density at radius 3 is 2.35 bits per heavy atom. The molecule has 6 nitrogen and oxygen atoms in total. The maximum Gasteiger partial charge on any atom is 0.248 e. The van der Waals surface area contributed by atoms with Crippen LogP contribution in [0.25, 0.3) is 0 Å². The van der Waals surface area contributed by atoms with E-state index in [1.54, 1.807) is 50.4 Å². The van der Waals surface area contributed by atoms with Crippen molar-refractivity contribution in [2.45, 2.75) is 13.0 Å². The Labute approximate surface area is 134 Å². The van der Waals surface area contributed by atoms with Gasteiger partial charge in [-0.2, -0.15) is 0 Å². The molecule has 0 saturated carbocycles. The van der Waals surface area contributed by atoms with Gasteiger partial charge in [0.2, 0.25) is 11.8 Å². The third-order valence-electron chi connectivity index (χ3n) is 3.31. The lowest BCUT2D eigenvalue weighted by Crippen LogP contribution is -2.32. The molecule has 2 aromatic rings. The van der Waals surface area contributed by atoms with Gasteiger partial charge in [0.05, 0.1) is 12.8 Å². The zero-order chi connectivity index (χ0) is 16.8. The Morgan fingerprint density at radius 1 is 1.09 bits per heavy atom. The van der Waals surface area contributed by atoms with Gasteiger partial charge in [-0.05, 0) is 43.3 Å². The number of benzene rings is 2. The Morgan fingerprint density at radius 2 is 1.74 bits per heavy atom. The number of primary amides is 1. The molecule has 0 aliphatic rings. The molecule has 2 amide bonds. The van der Waals surface area contributed by atoms with Crippen LogP contribution in [0.3, 0.4) is 0 Å². The van der Waals surface area contributed by atoms with Crippen molar-refractivity contribution in [3.05, 3.63) is 54.1 Å². The lowest BCUT2D eigenvalue weighted by atomic mass is 10.2. The first kappa shape index (κ1) is 16.4. The number of para-hydroxylation sites is 2. The summed E-state index contributed by atoms with van der Waals surface area (Å²) in [7, 11) is 1.55. The summed E-state index contributed by atoms with van der Waals surface area (Å²) >= 11 is 0. The molecular formula is C17H19N3O3. The molecule has 0 fully saturated rings. The molecular weight excluding hydrogens is 294 g/mol. The Hall–Kier alpha value is -3.02. The van der Waals surface area contributed by atoms with Crippen molar-refractivity contribution < 1.29 is 14.3 Å². The number of hydrogen-bond acceptors (Lipinski definition) is 4. The van der Waals surface area contributed by atoms with Gasteiger partial charge < -0.3 is 21.1 Å². The second-order valence-corrected chi connectivity index (χ2v) is 5.00. The third-order valence-corrected chi connectivity index (χ3v) is 3.31. The SMILES string of the molecule is COc1ccccc1NC(=O)[C@H](C)Nc1ccc(C(N)=O)cc1. The van der Waals surface area contributed by atoms with Crippen molar-refractivity contribution in [3.8, 4) is 5.75 Å². The lowest BCUT2D eigenvalue weighted by Gasteiger charge is -2.16. The van der Waals surface area contributed by atoms with Crippen molar-refractivity contribution in [1.82, 2.24) is 0 Å². The van der Waals surface area contributed by atoms with E-state index >= 15 is 0 Å². The number of amides is 2. The van der Waals surface area contributed by atoms with Gasteiger partial charge >= 0.3 is 0 Å². The summed E-state index contributed by atoms with van der Waals surface area (Å²) < 4.78 is 5.20. The van der Waals surface area contributed by atoms with E-state index in [9.17, 15) is 9.59 Å². The van der Waals surface area contributed by atoms with Crippen LogP contribution >= 0.6 is 0 Å². The molecule has 0 bridgehead atoms. The van der Waals surface area contributed by atoms with Crippen molar-refractivity contribution in [2.24, 2.45) is 5.73 Å². The smallest absolute Gasteiger partial charge is 0.248 e. The first-order valence-corrected chi connectivity index (χ1v) is 7.11. The zero-order valence-electron chi connectivity index (χ0n) is 13.0. The number of nitrogens with two attached hydrogens (primary N) is 1. The summed E-state index contributed by atoms with van der Waals surface area (Å²) in [6.45, 7) is 1.74. The summed E-state index contributed by atoms with van der Waals surface area (Å²) in [4.78, 5) is 23.3. The van der Waals surface area contributed by atoms with Crippen LogP contribution in [0.2, 0.25) is 0 Å². The monoisotopic (exact) mass is 313 g/mol. The van der Waals surface area contributed by atoms with Crippen molar-refractivity contribution >= 4 is 23.2 Å². The molecule has 2 aromatic carbocycles. The van der Waals surface area contributed by atoms with Crippen LogP contribution in [0.1, 0.15) is 17.3 Å². The van der Waals surface area contributed by atoms with E-state index in [0.717, 1.165) is 5.69 Å². The van der Waals surface area contributed by atoms with Gasteiger partial charge in [-0.15, -0.1) is 0 Å². The number of methoxy groups -OCH3 is 1. The summed E-state index contributed by atoms with van der Waals surface area (Å²) in [6, 6.07) is 13.3. The fourth-order valence-corrected chi connectivity index (χ4v) is 2.04. The number of anilines is 2. The highest BCUT2D eigenvalue weighted by atomic mass is 16.5. The third kappa shape index (κ3) is 4.23. The van der Waals surface area contributed by atoms with E-state index < -0.39 is 11.9 Å². The summed E-state index contributed by atoms with van der Waals surface area (Å²) in [5.41, 5.74) is 6.94. The number of carbonyl (C=O) groups is 2. The van der Waals surface area contributed by atoms with Gasteiger partial charge in [0, 0.05) is 11.3 Å². The highest BCUT2D eigenvalue weighted by Crippen LogP contribution is 2.23. The van der Waals surface area contributed by atoms with Crippen LogP contribution in [0, 0.1) is 0 Å². The number of ether oxygens (including phenoxy) is 1. The van der Waals surface area contributed by atoms with E-state index in [1.807, 2.05) is 12.1 Å².